The maximum Gasteiger partial charge on any atom is 0.325 e. The molecule has 0 saturated carbocycles. The van der Waals surface area contributed by atoms with Crippen LogP contribution in [0, 0.1) is 0 Å². The molecule has 0 saturated heterocycles. The zero-order valence-corrected chi connectivity index (χ0v) is 13.2. The van der Waals surface area contributed by atoms with Gasteiger partial charge < -0.3 is 9.64 Å². The monoisotopic (exact) mass is 314 g/mol. The van der Waals surface area contributed by atoms with Gasteiger partial charge in [-0.15, -0.1) is 0 Å². The molecule has 0 aliphatic heterocycles. The van der Waals surface area contributed by atoms with Crippen LogP contribution in [-0.2, 0) is 19.6 Å². The van der Waals surface area contributed by atoms with Gasteiger partial charge in [0.15, 0.2) is 0 Å². The highest BCUT2D eigenvalue weighted by Crippen LogP contribution is 2.14. The zero-order chi connectivity index (χ0) is 16.2. The molecule has 1 amide bonds. The lowest BCUT2D eigenvalue weighted by Crippen LogP contribution is -2.32. The molecular formula is C13H18N2O5S. The lowest BCUT2D eigenvalue weighted by molar-refractivity contribution is -0.141. The van der Waals surface area contributed by atoms with E-state index in [0.29, 0.717) is 5.56 Å². The minimum atomic E-state index is -3.53. The molecule has 0 heterocycles. The van der Waals surface area contributed by atoms with E-state index < -0.39 is 21.9 Å². The van der Waals surface area contributed by atoms with E-state index in [1.807, 2.05) is 0 Å². The Morgan fingerprint density at radius 2 is 1.62 bits per heavy atom. The van der Waals surface area contributed by atoms with E-state index in [2.05, 4.69) is 4.74 Å². The van der Waals surface area contributed by atoms with E-state index in [9.17, 15) is 18.0 Å². The molecule has 1 aromatic rings. The molecule has 7 nitrogen and oxygen atoms in total. The van der Waals surface area contributed by atoms with Crippen LogP contribution in [0.25, 0.3) is 0 Å². The van der Waals surface area contributed by atoms with Crippen molar-refractivity contribution in [2.24, 2.45) is 0 Å². The number of hydrogen-bond donors (Lipinski definition) is 0. The van der Waals surface area contributed by atoms with Gasteiger partial charge in [-0.1, -0.05) is 0 Å². The summed E-state index contributed by atoms with van der Waals surface area (Å²) in [4.78, 5) is 24.5. The van der Waals surface area contributed by atoms with Gasteiger partial charge in [0, 0.05) is 26.7 Å². The maximum atomic E-state index is 12.0. The molecule has 0 aliphatic carbocycles. The average Bonchev–Trinajstić information content (AvgIpc) is 2.46. The van der Waals surface area contributed by atoms with Crippen LogP contribution < -0.4 is 0 Å². The van der Waals surface area contributed by atoms with Gasteiger partial charge in [0.05, 0.1) is 12.0 Å². The summed E-state index contributed by atoms with van der Waals surface area (Å²) in [5.41, 5.74) is 0.291. The van der Waals surface area contributed by atoms with Crippen LogP contribution in [0.15, 0.2) is 29.2 Å². The average molecular weight is 314 g/mol. The molecule has 0 aliphatic rings. The summed E-state index contributed by atoms with van der Waals surface area (Å²) in [5, 5.41) is 0. The Bertz CT molecular complexity index is 622. The molecule has 116 valence electrons. The number of likely N-dealkylation sites (N-methyl/N-ethyl adjacent to an activating group) is 1. The van der Waals surface area contributed by atoms with Crippen molar-refractivity contribution in [2.75, 3.05) is 34.8 Å². The topological polar surface area (TPSA) is 84.0 Å². The molecule has 0 unspecified atom stereocenters. The number of carbonyl (C=O) groups excluding carboxylic acids is 2. The first-order valence-electron chi connectivity index (χ1n) is 6.05. The van der Waals surface area contributed by atoms with Crippen LogP contribution in [0.3, 0.4) is 0 Å². The molecule has 0 N–H and O–H groups in total. The molecule has 0 aromatic heterocycles. The summed E-state index contributed by atoms with van der Waals surface area (Å²) < 4.78 is 29.4. The number of hydrogen-bond acceptors (Lipinski definition) is 5. The largest absolute Gasteiger partial charge is 0.468 e. The number of carbonyl (C=O) groups is 2. The highest BCUT2D eigenvalue weighted by Gasteiger charge is 2.19. The van der Waals surface area contributed by atoms with E-state index in [1.165, 1.54) is 57.4 Å². The van der Waals surface area contributed by atoms with Crippen molar-refractivity contribution in [1.29, 1.82) is 0 Å². The van der Waals surface area contributed by atoms with Crippen LogP contribution in [0.4, 0.5) is 0 Å². The van der Waals surface area contributed by atoms with Crippen LogP contribution in [0.5, 0.6) is 0 Å². The molecule has 0 bridgehead atoms. The van der Waals surface area contributed by atoms with Gasteiger partial charge in [0.1, 0.15) is 6.54 Å². The highest BCUT2D eigenvalue weighted by atomic mass is 32.2. The standard InChI is InChI=1S/C13H18N2O5S/c1-14(2)21(18,19)11-7-5-10(6-8-11)13(17)15(3)9-12(16)20-4/h5-8H,9H2,1-4H3. The lowest BCUT2D eigenvalue weighted by atomic mass is 10.2. The van der Waals surface area contributed by atoms with Crippen molar-refractivity contribution in [1.82, 2.24) is 9.21 Å². The van der Waals surface area contributed by atoms with Crippen LogP contribution in [0.2, 0.25) is 0 Å². The molecule has 0 atom stereocenters. The van der Waals surface area contributed by atoms with Gasteiger partial charge in [-0.05, 0) is 24.3 Å². The Morgan fingerprint density at radius 1 is 1.10 bits per heavy atom. The van der Waals surface area contributed by atoms with E-state index in [-0.39, 0.29) is 11.4 Å². The smallest absolute Gasteiger partial charge is 0.325 e. The first-order valence-corrected chi connectivity index (χ1v) is 7.49. The van der Waals surface area contributed by atoms with Crippen molar-refractivity contribution >= 4 is 21.9 Å². The number of benzene rings is 1. The molecular weight excluding hydrogens is 296 g/mol. The fourth-order valence-corrected chi connectivity index (χ4v) is 2.43. The van der Waals surface area contributed by atoms with Crippen molar-refractivity contribution in [3.05, 3.63) is 29.8 Å². The molecule has 0 fully saturated rings. The Kier molecular flexibility index (Phi) is 5.45. The molecule has 1 aromatic carbocycles. The lowest BCUT2D eigenvalue weighted by Gasteiger charge is -2.16. The normalized spacial score (nSPS) is 11.3. The van der Waals surface area contributed by atoms with Crippen molar-refractivity contribution in [2.45, 2.75) is 4.90 Å². The third-order valence-electron chi connectivity index (χ3n) is 2.82. The van der Waals surface area contributed by atoms with Gasteiger partial charge in [0.2, 0.25) is 10.0 Å². The summed E-state index contributed by atoms with van der Waals surface area (Å²) in [6, 6.07) is 5.53. The number of methoxy groups -OCH3 is 1. The predicted octanol–water partition coefficient (Wildman–Crippen LogP) is 0.182. The Balaban J connectivity index is 2.93. The minimum absolute atomic E-state index is 0.0969. The van der Waals surface area contributed by atoms with Gasteiger partial charge >= 0.3 is 5.97 Å². The SMILES string of the molecule is COC(=O)CN(C)C(=O)c1ccc(S(=O)(=O)N(C)C)cc1. The number of ether oxygens (including phenoxy) is 1. The van der Waals surface area contributed by atoms with Gasteiger partial charge in [-0.3, -0.25) is 9.59 Å². The third kappa shape index (κ3) is 4.02. The summed E-state index contributed by atoms with van der Waals surface area (Å²) >= 11 is 0. The highest BCUT2D eigenvalue weighted by molar-refractivity contribution is 7.89. The second kappa shape index (κ2) is 6.68. The van der Waals surface area contributed by atoms with Gasteiger partial charge in [0.25, 0.3) is 5.91 Å². The van der Waals surface area contributed by atoms with E-state index in [4.69, 9.17) is 0 Å². The summed E-state index contributed by atoms with van der Waals surface area (Å²) in [5.74, 6) is -0.924. The zero-order valence-electron chi connectivity index (χ0n) is 12.4. The number of sulfonamides is 1. The van der Waals surface area contributed by atoms with Crippen molar-refractivity contribution in [3.63, 3.8) is 0 Å². The summed E-state index contributed by atoms with van der Waals surface area (Å²) in [6.07, 6.45) is 0. The molecule has 0 spiro atoms. The second-order valence-corrected chi connectivity index (χ2v) is 6.70. The van der Waals surface area contributed by atoms with Crippen LogP contribution in [0.1, 0.15) is 10.4 Å². The van der Waals surface area contributed by atoms with Crippen LogP contribution >= 0.6 is 0 Å². The quantitative estimate of drug-likeness (QED) is 0.724. The number of nitrogens with zero attached hydrogens (tertiary/aromatic N) is 2. The predicted molar refractivity (Wildman–Crippen MR) is 76.3 cm³/mol. The van der Waals surface area contributed by atoms with Crippen LogP contribution in [-0.4, -0.2) is 64.3 Å². The number of rotatable bonds is 5. The summed E-state index contributed by atoms with van der Waals surface area (Å²) in [6.45, 7) is -0.174. The Hall–Kier alpha value is -1.93. The molecule has 0 radical (unpaired) electrons. The fraction of sp³-hybridized carbons (Fsp3) is 0.385. The van der Waals surface area contributed by atoms with E-state index in [1.54, 1.807) is 0 Å². The fourth-order valence-electron chi connectivity index (χ4n) is 1.53. The first kappa shape index (κ1) is 17.1. The molecule has 21 heavy (non-hydrogen) atoms. The third-order valence-corrected chi connectivity index (χ3v) is 4.65. The Morgan fingerprint density at radius 3 is 2.05 bits per heavy atom. The molecule has 8 heteroatoms. The second-order valence-electron chi connectivity index (χ2n) is 4.55. The van der Waals surface area contributed by atoms with Gasteiger partial charge in [-0.2, -0.15) is 0 Å². The number of amides is 1. The van der Waals surface area contributed by atoms with E-state index in [0.717, 1.165) is 4.31 Å². The first-order chi connectivity index (χ1) is 9.70. The Labute approximate surface area is 124 Å². The summed E-state index contributed by atoms with van der Waals surface area (Å²) in [7, 11) is 2.03. The maximum absolute atomic E-state index is 12.0. The van der Waals surface area contributed by atoms with E-state index >= 15 is 0 Å². The number of esters is 1. The minimum Gasteiger partial charge on any atom is -0.468 e. The van der Waals surface area contributed by atoms with Crippen molar-refractivity contribution < 1.29 is 22.7 Å². The van der Waals surface area contributed by atoms with Gasteiger partial charge in [-0.25, -0.2) is 12.7 Å². The molecule has 1 rings (SSSR count). The van der Waals surface area contributed by atoms with Crippen molar-refractivity contribution in [3.8, 4) is 0 Å².